The van der Waals surface area contributed by atoms with E-state index in [-0.39, 0.29) is 10.9 Å². The Bertz CT molecular complexity index is 569. The monoisotopic (exact) mass is 298 g/mol. The molecule has 0 amide bonds. The Kier molecular flexibility index (Phi) is 3.88. The number of furan rings is 1. The second-order valence-corrected chi connectivity index (χ2v) is 7.57. The third kappa shape index (κ3) is 3.24. The van der Waals surface area contributed by atoms with Crippen molar-refractivity contribution in [2.45, 2.75) is 69.0 Å². The van der Waals surface area contributed by atoms with Crippen molar-refractivity contribution in [3.8, 4) is 0 Å². The van der Waals surface area contributed by atoms with Gasteiger partial charge in [0, 0.05) is 18.2 Å². The Balaban J connectivity index is 1.70. The van der Waals surface area contributed by atoms with Gasteiger partial charge < -0.3 is 9.73 Å². The maximum atomic E-state index is 12.4. The van der Waals surface area contributed by atoms with E-state index in [1.165, 1.54) is 12.8 Å². The minimum Gasteiger partial charge on any atom is -0.464 e. The number of aryl methyl sites for hydroxylation is 1. The fraction of sp³-hybridized carbons (Fsp3) is 0.714. The van der Waals surface area contributed by atoms with Gasteiger partial charge in [0.25, 0.3) is 0 Å². The largest absolute Gasteiger partial charge is 0.464 e. The summed E-state index contributed by atoms with van der Waals surface area (Å²) in [7, 11) is -3.45. The first-order valence-electron chi connectivity index (χ1n) is 7.39. The van der Waals surface area contributed by atoms with Gasteiger partial charge >= 0.3 is 0 Å². The van der Waals surface area contributed by atoms with Crippen LogP contribution in [0.4, 0.5) is 0 Å². The fourth-order valence-corrected chi connectivity index (χ4v) is 4.25. The first-order chi connectivity index (χ1) is 9.54. The van der Waals surface area contributed by atoms with Crippen LogP contribution in [-0.2, 0) is 16.6 Å². The second-order valence-electron chi connectivity index (χ2n) is 5.89. The van der Waals surface area contributed by atoms with E-state index < -0.39 is 10.0 Å². The molecule has 2 fully saturated rings. The molecule has 2 saturated carbocycles. The summed E-state index contributed by atoms with van der Waals surface area (Å²) in [6, 6.07) is 2.32. The first kappa shape index (κ1) is 14.1. The van der Waals surface area contributed by atoms with Crippen LogP contribution in [0.25, 0.3) is 0 Å². The van der Waals surface area contributed by atoms with Crippen LogP contribution in [0.5, 0.6) is 0 Å². The average molecular weight is 298 g/mol. The molecule has 1 aromatic rings. The van der Waals surface area contributed by atoms with E-state index in [9.17, 15) is 8.42 Å². The molecule has 1 aromatic heterocycles. The molecule has 2 aliphatic rings. The van der Waals surface area contributed by atoms with Crippen LogP contribution in [-0.4, -0.2) is 20.5 Å². The van der Waals surface area contributed by atoms with Gasteiger partial charge in [-0.2, -0.15) is 0 Å². The van der Waals surface area contributed by atoms with Crippen LogP contribution in [0.2, 0.25) is 0 Å². The van der Waals surface area contributed by atoms with Gasteiger partial charge in [0.2, 0.25) is 10.0 Å². The molecule has 0 aromatic carbocycles. The predicted octanol–water partition coefficient (Wildman–Crippen LogP) is 2.06. The topological polar surface area (TPSA) is 71.3 Å². The van der Waals surface area contributed by atoms with Gasteiger partial charge in [-0.1, -0.05) is 12.8 Å². The van der Waals surface area contributed by atoms with Gasteiger partial charge in [-0.15, -0.1) is 0 Å². The molecule has 2 N–H and O–H groups in total. The summed E-state index contributed by atoms with van der Waals surface area (Å²) in [5, 5.41) is 3.33. The van der Waals surface area contributed by atoms with E-state index in [4.69, 9.17) is 4.42 Å². The molecule has 0 atom stereocenters. The van der Waals surface area contributed by atoms with Crippen molar-refractivity contribution in [2.75, 3.05) is 0 Å². The fourth-order valence-electron chi connectivity index (χ4n) is 2.74. The zero-order chi connectivity index (χ0) is 14.2. The Morgan fingerprint density at radius 1 is 1.20 bits per heavy atom. The molecule has 3 rings (SSSR count). The van der Waals surface area contributed by atoms with Crippen molar-refractivity contribution >= 4 is 10.0 Å². The SMILES string of the molecule is Cc1oc(CNC2CC2)cc1S(=O)(=O)NC1CCCC1. The molecule has 0 unspecified atom stereocenters. The summed E-state index contributed by atoms with van der Waals surface area (Å²) < 4.78 is 33.1. The summed E-state index contributed by atoms with van der Waals surface area (Å²) in [4.78, 5) is 0.289. The molecule has 0 aliphatic heterocycles. The highest BCUT2D eigenvalue weighted by Gasteiger charge is 2.27. The van der Waals surface area contributed by atoms with Gasteiger partial charge in [0.15, 0.2) is 0 Å². The van der Waals surface area contributed by atoms with E-state index in [0.717, 1.165) is 25.7 Å². The molecular formula is C14H22N2O3S. The van der Waals surface area contributed by atoms with E-state index in [2.05, 4.69) is 10.0 Å². The van der Waals surface area contributed by atoms with Crippen LogP contribution in [0, 0.1) is 6.92 Å². The Morgan fingerprint density at radius 3 is 2.55 bits per heavy atom. The lowest BCUT2D eigenvalue weighted by Gasteiger charge is -2.11. The van der Waals surface area contributed by atoms with Crippen molar-refractivity contribution < 1.29 is 12.8 Å². The molecular weight excluding hydrogens is 276 g/mol. The lowest BCUT2D eigenvalue weighted by molar-refractivity contribution is 0.456. The standard InChI is InChI=1S/C14H22N2O3S/c1-10-14(8-13(19-10)9-15-11-6-7-11)20(17,18)16-12-4-2-3-5-12/h8,11-12,15-16H,2-7,9H2,1H3. The number of rotatable bonds is 6. The summed E-state index contributed by atoms with van der Waals surface area (Å²) in [6.07, 6.45) is 6.49. The van der Waals surface area contributed by atoms with E-state index in [1.807, 2.05) is 0 Å². The average Bonchev–Trinajstić information content (AvgIpc) is 2.93. The summed E-state index contributed by atoms with van der Waals surface area (Å²) >= 11 is 0. The van der Waals surface area contributed by atoms with Crippen molar-refractivity contribution in [2.24, 2.45) is 0 Å². The van der Waals surface area contributed by atoms with Gasteiger partial charge in [-0.25, -0.2) is 13.1 Å². The normalized spacial score (nSPS) is 20.6. The molecule has 6 heteroatoms. The van der Waals surface area contributed by atoms with Crippen molar-refractivity contribution in [3.05, 3.63) is 17.6 Å². The van der Waals surface area contributed by atoms with Crippen molar-refractivity contribution in [1.82, 2.24) is 10.0 Å². The van der Waals surface area contributed by atoms with Crippen LogP contribution in [0.1, 0.15) is 50.0 Å². The van der Waals surface area contributed by atoms with Crippen molar-refractivity contribution in [3.63, 3.8) is 0 Å². The zero-order valence-electron chi connectivity index (χ0n) is 11.8. The number of nitrogens with one attached hydrogen (secondary N) is 2. The highest BCUT2D eigenvalue weighted by atomic mass is 32.2. The highest BCUT2D eigenvalue weighted by Crippen LogP contribution is 2.25. The minimum atomic E-state index is -3.45. The molecule has 0 spiro atoms. The third-order valence-electron chi connectivity index (χ3n) is 4.03. The van der Waals surface area contributed by atoms with Crippen LogP contribution in [0.15, 0.2) is 15.4 Å². The lowest BCUT2D eigenvalue weighted by Crippen LogP contribution is -2.32. The minimum absolute atomic E-state index is 0.0855. The second kappa shape index (κ2) is 5.50. The van der Waals surface area contributed by atoms with Crippen molar-refractivity contribution in [1.29, 1.82) is 0 Å². The predicted molar refractivity (Wildman–Crippen MR) is 75.9 cm³/mol. The maximum absolute atomic E-state index is 12.4. The van der Waals surface area contributed by atoms with Gasteiger partial charge in [-0.3, -0.25) is 0 Å². The molecule has 0 saturated heterocycles. The number of hydrogen-bond donors (Lipinski definition) is 2. The Morgan fingerprint density at radius 2 is 1.90 bits per heavy atom. The number of hydrogen-bond acceptors (Lipinski definition) is 4. The molecule has 0 bridgehead atoms. The molecule has 5 nitrogen and oxygen atoms in total. The molecule has 20 heavy (non-hydrogen) atoms. The van der Waals surface area contributed by atoms with Gasteiger partial charge in [0.05, 0.1) is 6.54 Å². The lowest BCUT2D eigenvalue weighted by atomic mass is 10.3. The Labute approximate surface area is 120 Å². The van der Waals surface area contributed by atoms with Crippen LogP contribution in [0.3, 0.4) is 0 Å². The van der Waals surface area contributed by atoms with Crippen LogP contribution < -0.4 is 10.0 Å². The van der Waals surface area contributed by atoms with Crippen LogP contribution >= 0.6 is 0 Å². The quantitative estimate of drug-likeness (QED) is 0.843. The summed E-state index contributed by atoms with van der Waals surface area (Å²) in [5.74, 6) is 1.17. The summed E-state index contributed by atoms with van der Waals surface area (Å²) in [6.45, 7) is 2.31. The number of sulfonamides is 1. The van der Waals surface area contributed by atoms with Gasteiger partial charge in [0.1, 0.15) is 16.4 Å². The Hall–Kier alpha value is -0.850. The maximum Gasteiger partial charge on any atom is 0.244 e. The molecule has 112 valence electrons. The van der Waals surface area contributed by atoms with E-state index in [1.54, 1.807) is 13.0 Å². The molecule has 1 heterocycles. The smallest absolute Gasteiger partial charge is 0.244 e. The van der Waals surface area contributed by atoms with E-state index >= 15 is 0 Å². The zero-order valence-corrected chi connectivity index (χ0v) is 12.6. The molecule has 2 aliphatic carbocycles. The molecule has 0 radical (unpaired) electrons. The van der Waals surface area contributed by atoms with Gasteiger partial charge in [-0.05, 0) is 32.6 Å². The summed E-state index contributed by atoms with van der Waals surface area (Å²) in [5.41, 5.74) is 0. The third-order valence-corrected chi connectivity index (χ3v) is 5.66. The highest BCUT2D eigenvalue weighted by molar-refractivity contribution is 7.89. The first-order valence-corrected chi connectivity index (χ1v) is 8.88. The van der Waals surface area contributed by atoms with E-state index in [0.29, 0.717) is 24.1 Å².